The number of aromatic nitrogens is 1. The smallest absolute Gasteiger partial charge is 0.328 e. The van der Waals surface area contributed by atoms with E-state index in [-0.39, 0.29) is 11.9 Å². The number of anilines is 2. The van der Waals surface area contributed by atoms with Crippen LogP contribution >= 0.6 is 0 Å². The molecule has 3 aromatic carbocycles. The fourth-order valence-corrected chi connectivity index (χ4v) is 3.82. The summed E-state index contributed by atoms with van der Waals surface area (Å²) in [5.41, 5.74) is 3.94. The summed E-state index contributed by atoms with van der Waals surface area (Å²) in [6.07, 6.45) is 3.77. The molecule has 4 rings (SSSR count). The number of ether oxygens (including phenoxy) is 1. The predicted octanol–water partition coefficient (Wildman–Crippen LogP) is 5.51. The third-order valence-corrected chi connectivity index (χ3v) is 5.64. The second-order valence-electron chi connectivity index (χ2n) is 7.92. The predicted molar refractivity (Wildman–Crippen MR) is 137 cm³/mol. The minimum Gasteiger partial charge on any atom is -0.467 e. The number of carbonyl (C=O) groups excluding carboxylic acids is 2. The Morgan fingerprint density at radius 2 is 1.53 bits per heavy atom. The summed E-state index contributed by atoms with van der Waals surface area (Å²) in [6.45, 7) is 2.13. The molecule has 0 saturated carbocycles. The zero-order valence-corrected chi connectivity index (χ0v) is 19.2. The highest BCUT2D eigenvalue weighted by molar-refractivity contribution is 6.08. The molecule has 1 amide bonds. The molecule has 1 atom stereocenters. The van der Waals surface area contributed by atoms with E-state index in [1.165, 1.54) is 7.11 Å². The molecule has 0 aliphatic rings. The van der Waals surface area contributed by atoms with Crippen molar-refractivity contribution in [3.05, 3.63) is 102 Å². The van der Waals surface area contributed by atoms with Crippen LogP contribution < -0.4 is 10.6 Å². The van der Waals surface area contributed by atoms with Crippen LogP contribution in [-0.4, -0.2) is 30.1 Å². The number of amides is 1. The zero-order chi connectivity index (χ0) is 23.9. The Morgan fingerprint density at radius 1 is 0.912 bits per heavy atom. The van der Waals surface area contributed by atoms with Crippen molar-refractivity contribution < 1.29 is 14.3 Å². The van der Waals surface area contributed by atoms with Crippen LogP contribution in [0.2, 0.25) is 0 Å². The van der Waals surface area contributed by atoms with Gasteiger partial charge in [0.2, 0.25) is 0 Å². The van der Waals surface area contributed by atoms with Crippen molar-refractivity contribution in [1.29, 1.82) is 0 Å². The van der Waals surface area contributed by atoms with Gasteiger partial charge in [-0.2, -0.15) is 0 Å². The highest BCUT2D eigenvalue weighted by Crippen LogP contribution is 2.27. The van der Waals surface area contributed by atoms with Crippen molar-refractivity contribution in [3.63, 3.8) is 0 Å². The molecular weight excluding hydrogens is 426 g/mol. The van der Waals surface area contributed by atoms with E-state index in [1.54, 1.807) is 6.92 Å². The van der Waals surface area contributed by atoms with E-state index in [9.17, 15) is 9.59 Å². The van der Waals surface area contributed by atoms with Crippen LogP contribution in [0.1, 0.15) is 18.5 Å². The molecule has 0 fully saturated rings. The van der Waals surface area contributed by atoms with Crippen molar-refractivity contribution in [1.82, 2.24) is 4.57 Å². The first-order valence-electron chi connectivity index (χ1n) is 11.1. The molecule has 0 spiro atoms. The molecule has 6 heteroatoms. The van der Waals surface area contributed by atoms with Gasteiger partial charge in [-0.1, -0.05) is 54.6 Å². The van der Waals surface area contributed by atoms with E-state index < -0.39 is 6.04 Å². The fraction of sp³-hybridized carbons (Fsp3) is 0.143. The lowest BCUT2D eigenvalue weighted by Crippen LogP contribution is -2.20. The van der Waals surface area contributed by atoms with Gasteiger partial charge in [0.05, 0.1) is 7.11 Å². The average molecular weight is 454 g/mol. The largest absolute Gasteiger partial charge is 0.467 e. The molecule has 0 aliphatic heterocycles. The maximum Gasteiger partial charge on any atom is 0.328 e. The van der Waals surface area contributed by atoms with Gasteiger partial charge in [-0.15, -0.1) is 0 Å². The van der Waals surface area contributed by atoms with Crippen LogP contribution in [0.4, 0.5) is 11.4 Å². The van der Waals surface area contributed by atoms with E-state index in [1.807, 2.05) is 102 Å². The maximum atomic E-state index is 13.3. The van der Waals surface area contributed by atoms with E-state index >= 15 is 0 Å². The van der Waals surface area contributed by atoms with Crippen LogP contribution in [0.15, 0.2) is 96.7 Å². The number of hydrogen-bond donors (Lipinski definition) is 2. The number of esters is 1. The molecule has 2 N–H and O–H groups in total. The summed E-state index contributed by atoms with van der Waals surface area (Å²) in [7, 11) is 1.38. The Balaban J connectivity index is 1.72. The number of hydrogen-bond acceptors (Lipinski definition) is 4. The molecular formula is C28H27N3O3. The zero-order valence-electron chi connectivity index (χ0n) is 19.2. The Hall–Kier alpha value is -4.32. The highest BCUT2D eigenvalue weighted by atomic mass is 16.5. The van der Waals surface area contributed by atoms with E-state index in [2.05, 4.69) is 10.6 Å². The minimum absolute atomic E-state index is 0.201. The summed E-state index contributed by atoms with van der Waals surface area (Å²) < 4.78 is 6.83. The Morgan fingerprint density at radius 3 is 2.21 bits per heavy atom. The third-order valence-electron chi connectivity index (χ3n) is 5.64. The van der Waals surface area contributed by atoms with Gasteiger partial charge in [-0.25, -0.2) is 4.79 Å². The third kappa shape index (κ3) is 5.18. The Labute approximate surface area is 198 Å². The van der Waals surface area contributed by atoms with Gasteiger partial charge >= 0.3 is 5.97 Å². The van der Waals surface area contributed by atoms with Crippen LogP contribution in [0.3, 0.4) is 0 Å². The van der Waals surface area contributed by atoms with Crippen molar-refractivity contribution in [2.45, 2.75) is 13.0 Å². The second kappa shape index (κ2) is 10.5. The van der Waals surface area contributed by atoms with Crippen molar-refractivity contribution >= 4 is 40.2 Å². The Bertz CT molecular complexity index is 1310. The molecule has 1 heterocycles. The number of nitrogens with one attached hydrogen (secondary N) is 2. The number of nitrogens with zero attached hydrogens (tertiary/aromatic N) is 1. The van der Waals surface area contributed by atoms with Crippen molar-refractivity contribution in [2.24, 2.45) is 0 Å². The second-order valence-corrected chi connectivity index (χ2v) is 7.92. The summed E-state index contributed by atoms with van der Waals surface area (Å²) in [5.74, 6) is -0.531. The van der Waals surface area contributed by atoms with Gasteiger partial charge in [0.1, 0.15) is 6.04 Å². The van der Waals surface area contributed by atoms with E-state index in [4.69, 9.17) is 4.74 Å². The molecule has 4 aromatic rings. The van der Waals surface area contributed by atoms with Crippen molar-refractivity contribution in [2.75, 3.05) is 24.3 Å². The first-order chi connectivity index (χ1) is 16.6. The molecule has 0 saturated heterocycles. The molecule has 1 aromatic heterocycles. The van der Waals surface area contributed by atoms with E-state index in [0.717, 1.165) is 27.8 Å². The van der Waals surface area contributed by atoms with Gasteiger partial charge in [0.25, 0.3) is 5.91 Å². The monoisotopic (exact) mass is 453 g/mol. The normalized spacial score (nSPS) is 12.2. The fourth-order valence-electron chi connectivity index (χ4n) is 3.82. The maximum absolute atomic E-state index is 13.3. The topological polar surface area (TPSA) is 72.4 Å². The summed E-state index contributed by atoms with van der Waals surface area (Å²) in [6, 6.07) is 26.4. The van der Waals surface area contributed by atoms with Crippen LogP contribution in [0.5, 0.6) is 0 Å². The minimum atomic E-state index is -0.499. The molecule has 0 bridgehead atoms. The first-order valence-corrected chi connectivity index (χ1v) is 11.1. The lowest BCUT2D eigenvalue weighted by molar-refractivity contribution is -0.143. The summed E-state index contributed by atoms with van der Waals surface area (Å²) in [5, 5.41) is 7.25. The lowest BCUT2D eigenvalue weighted by atomic mass is 10.1. The summed E-state index contributed by atoms with van der Waals surface area (Å²) >= 11 is 0. The number of fused-ring (bicyclic) bond motifs is 1. The standard InChI is InChI=1S/C28H27N3O3/c1-20(28(33)34-2)31-19-22(25-15-9-10-16-26(25)31)17-21(18-29-23-11-5-3-6-12-23)27(32)30-24-13-7-4-8-14-24/h3-17,19-20,29H,18H2,1-2H3,(H,30,32)/b21-17+. The van der Waals surface area contributed by atoms with E-state index in [0.29, 0.717) is 12.1 Å². The van der Waals surface area contributed by atoms with Crippen molar-refractivity contribution in [3.8, 4) is 0 Å². The number of para-hydroxylation sites is 3. The molecule has 0 aliphatic carbocycles. The number of carbonyl (C=O) groups is 2. The Kier molecular flexibility index (Phi) is 7.08. The lowest BCUT2D eigenvalue weighted by Gasteiger charge is -2.12. The van der Waals surface area contributed by atoms with Gasteiger partial charge in [-0.3, -0.25) is 4.79 Å². The first kappa shape index (κ1) is 22.9. The molecule has 172 valence electrons. The number of benzene rings is 3. The van der Waals surface area contributed by atoms with Gasteiger partial charge in [0, 0.05) is 46.2 Å². The quantitative estimate of drug-likeness (QED) is 0.273. The van der Waals surface area contributed by atoms with Crippen LogP contribution in [0.25, 0.3) is 17.0 Å². The SMILES string of the molecule is COC(=O)C(C)n1cc(/C=C(\CNc2ccccc2)C(=O)Nc2ccccc2)c2ccccc21. The van der Waals surface area contributed by atoms with Gasteiger partial charge < -0.3 is 19.9 Å². The average Bonchev–Trinajstić information content (AvgIpc) is 3.25. The van der Waals surface area contributed by atoms with Crippen LogP contribution in [0, 0.1) is 0 Å². The van der Waals surface area contributed by atoms with Gasteiger partial charge in [0.15, 0.2) is 0 Å². The molecule has 6 nitrogen and oxygen atoms in total. The molecule has 0 radical (unpaired) electrons. The summed E-state index contributed by atoms with van der Waals surface area (Å²) in [4.78, 5) is 25.5. The highest BCUT2D eigenvalue weighted by Gasteiger charge is 2.19. The number of rotatable bonds is 8. The number of methoxy groups -OCH3 is 1. The molecule has 34 heavy (non-hydrogen) atoms. The van der Waals surface area contributed by atoms with Crippen LogP contribution in [-0.2, 0) is 14.3 Å². The van der Waals surface area contributed by atoms with Gasteiger partial charge in [-0.05, 0) is 43.3 Å². The molecule has 1 unspecified atom stereocenters.